The van der Waals surface area contributed by atoms with E-state index in [2.05, 4.69) is 143 Å². The molecule has 0 saturated carbocycles. The summed E-state index contributed by atoms with van der Waals surface area (Å²) < 4.78 is 7.63. The molecule has 0 aliphatic heterocycles. The van der Waals surface area contributed by atoms with Crippen LogP contribution >= 0.6 is 11.3 Å². The lowest BCUT2D eigenvalue weighted by molar-refractivity contribution is 1.19. The van der Waals surface area contributed by atoms with Gasteiger partial charge in [-0.25, -0.2) is 0 Å². The minimum atomic E-state index is 1.18. The normalized spacial score (nSPS) is 12.4. The molecule has 3 heteroatoms. The summed E-state index contributed by atoms with van der Waals surface area (Å²) in [7, 11) is 0. The third-order valence-electron chi connectivity index (χ3n) is 8.87. The molecule has 2 nitrogen and oxygen atoms in total. The molecule has 10 aromatic rings. The first kappa shape index (κ1) is 21.7. The fourth-order valence-electron chi connectivity index (χ4n) is 7.19. The van der Waals surface area contributed by atoms with Crippen LogP contribution in [0.4, 0.5) is 0 Å². The Morgan fingerprint density at radius 1 is 0.439 bits per heavy atom. The van der Waals surface area contributed by atoms with E-state index in [0.717, 1.165) is 0 Å². The summed E-state index contributed by atoms with van der Waals surface area (Å²) in [5.41, 5.74) is 6.21. The maximum atomic E-state index is 2.48. The van der Waals surface area contributed by atoms with Crippen molar-refractivity contribution in [2.75, 3.05) is 0 Å². The van der Waals surface area contributed by atoms with Crippen LogP contribution in [-0.4, -0.2) is 8.97 Å². The van der Waals surface area contributed by atoms with Gasteiger partial charge in [-0.1, -0.05) is 97.1 Å². The minimum Gasteiger partial charge on any atom is -0.315 e. The maximum absolute atomic E-state index is 2.48. The van der Waals surface area contributed by atoms with E-state index < -0.39 is 0 Å². The van der Waals surface area contributed by atoms with Gasteiger partial charge in [-0.05, 0) is 35.7 Å². The molecule has 0 radical (unpaired) electrons. The van der Waals surface area contributed by atoms with Gasteiger partial charge in [-0.3, -0.25) is 0 Å². The van der Waals surface area contributed by atoms with Crippen molar-refractivity contribution in [3.05, 3.63) is 134 Å². The largest absolute Gasteiger partial charge is 0.315 e. The minimum absolute atomic E-state index is 1.18. The van der Waals surface area contributed by atoms with E-state index in [0.29, 0.717) is 0 Å². The number of fused-ring (bicyclic) bond motifs is 16. The Morgan fingerprint density at radius 3 is 2.05 bits per heavy atom. The highest BCUT2D eigenvalue weighted by Gasteiger charge is 2.22. The van der Waals surface area contributed by atoms with Crippen molar-refractivity contribution >= 4 is 91.3 Å². The van der Waals surface area contributed by atoms with Gasteiger partial charge in [0.1, 0.15) is 0 Å². The predicted molar refractivity (Wildman–Crippen MR) is 177 cm³/mol. The highest BCUT2D eigenvalue weighted by atomic mass is 32.1. The van der Waals surface area contributed by atoms with Gasteiger partial charge in [0, 0.05) is 64.4 Å². The highest BCUT2D eigenvalue weighted by Crippen LogP contribution is 2.46. The van der Waals surface area contributed by atoms with Crippen LogP contribution in [0.1, 0.15) is 0 Å². The van der Waals surface area contributed by atoms with Crippen molar-refractivity contribution in [3.63, 3.8) is 0 Å². The first-order chi connectivity index (χ1) is 20.4. The first-order valence-electron chi connectivity index (χ1n) is 14.0. The molecule has 0 saturated heterocycles. The fraction of sp³-hybridized carbons (Fsp3) is 0. The van der Waals surface area contributed by atoms with Crippen molar-refractivity contribution < 1.29 is 0 Å². The van der Waals surface area contributed by atoms with Gasteiger partial charge in [0.25, 0.3) is 0 Å². The molecule has 41 heavy (non-hydrogen) atoms. The molecular formula is C38H22N2S. The zero-order chi connectivity index (χ0) is 26.7. The Morgan fingerprint density at radius 2 is 1.15 bits per heavy atom. The van der Waals surface area contributed by atoms with Crippen molar-refractivity contribution in [1.29, 1.82) is 0 Å². The average molecular weight is 539 g/mol. The van der Waals surface area contributed by atoms with Crippen LogP contribution in [0.3, 0.4) is 0 Å². The Balaban J connectivity index is 1.58. The van der Waals surface area contributed by atoms with Crippen LogP contribution in [0.5, 0.6) is 0 Å². The standard InChI is InChI=1S/C38H22N2S/c1-2-11-24(12-3-1)40-31-16-8-6-14-26(31)28-18-19-30-34-32(21-20-29-27-15-7-9-17-33(27)41-38(29)34)39-22-23-10-4-5-13-25(23)36(39)35(30)37(28)40/h1-22H. The highest BCUT2D eigenvalue weighted by molar-refractivity contribution is 7.26. The third-order valence-corrected chi connectivity index (χ3v) is 10.1. The molecule has 0 aliphatic rings. The van der Waals surface area contributed by atoms with Gasteiger partial charge in [0.05, 0.1) is 22.1 Å². The summed E-state index contributed by atoms with van der Waals surface area (Å²) in [5.74, 6) is 0. The number of para-hydroxylation sites is 2. The van der Waals surface area contributed by atoms with Crippen LogP contribution in [0, 0.1) is 0 Å². The lowest BCUT2D eigenvalue weighted by atomic mass is 9.99. The maximum Gasteiger partial charge on any atom is 0.0641 e. The second-order valence-electron chi connectivity index (χ2n) is 10.9. The Labute approximate surface area is 238 Å². The number of hydrogen-bond acceptors (Lipinski definition) is 1. The summed E-state index contributed by atoms with van der Waals surface area (Å²) in [6.07, 6.45) is 2.33. The molecule has 0 N–H and O–H groups in total. The van der Waals surface area contributed by atoms with Gasteiger partial charge in [-0.15, -0.1) is 11.3 Å². The number of rotatable bonds is 1. The summed E-state index contributed by atoms with van der Waals surface area (Å²) in [4.78, 5) is 0. The van der Waals surface area contributed by atoms with Gasteiger partial charge >= 0.3 is 0 Å². The molecule has 0 unspecified atom stereocenters. The number of benzene rings is 6. The molecule has 6 aromatic carbocycles. The van der Waals surface area contributed by atoms with Crippen molar-refractivity contribution in [2.24, 2.45) is 0 Å². The summed E-state index contributed by atoms with van der Waals surface area (Å²) >= 11 is 1.91. The smallest absolute Gasteiger partial charge is 0.0641 e. The third kappa shape index (κ3) is 2.71. The van der Waals surface area contributed by atoms with Crippen LogP contribution in [0.25, 0.3) is 85.6 Å². The summed E-state index contributed by atoms with van der Waals surface area (Å²) in [6.45, 7) is 0. The Hall–Kier alpha value is -5.12. The molecule has 0 spiro atoms. The number of nitrogens with zero attached hydrogens (tertiary/aromatic N) is 2. The van der Waals surface area contributed by atoms with E-state index in [9.17, 15) is 0 Å². The van der Waals surface area contributed by atoms with Crippen LogP contribution in [0.15, 0.2) is 134 Å². The van der Waals surface area contributed by atoms with E-state index in [-0.39, 0.29) is 0 Å². The molecule has 0 fully saturated rings. The molecule has 0 atom stereocenters. The molecule has 10 rings (SSSR count). The van der Waals surface area contributed by atoms with E-state index in [4.69, 9.17) is 0 Å². The molecule has 4 aromatic heterocycles. The van der Waals surface area contributed by atoms with E-state index >= 15 is 0 Å². The van der Waals surface area contributed by atoms with Gasteiger partial charge in [0.2, 0.25) is 0 Å². The molecule has 190 valence electrons. The lowest BCUT2D eigenvalue weighted by Gasteiger charge is -2.14. The number of aromatic nitrogens is 2. The monoisotopic (exact) mass is 538 g/mol. The lowest BCUT2D eigenvalue weighted by Crippen LogP contribution is -1.96. The van der Waals surface area contributed by atoms with Gasteiger partial charge in [-0.2, -0.15) is 0 Å². The molecule has 4 heterocycles. The van der Waals surface area contributed by atoms with Crippen LogP contribution in [0.2, 0.25) is 0 Å². The fourth-order valence-corrected chi connectivity index (χ4v) is 8.45. The second kappa shape index (κ2) is 7.75. The summed E-state index contributed by atoms with van der Waals surface area (Å²) in [6, 6.07) is 46.7. The zero-order valence-electron chi connectivity index (χ0n) is 22.0. The topological polar surface area (TPSA) is 9.34 Å². The Kier molecular flexibility index (Phi) is 4.10. The van der Waals surface area contributed by atoms with Crippen LogP contribution in [-0.2, 0) is 0 Å². The van der Waals surface area contributed by atoms with Gasteiger partial charge in [0.15, 0.2) is 0 Å². The molecular weight excluding hydrogens is 516 g/mol. The number of thiophene rings is 1. The van der Waals surface area contributed by atoms with E-state index in [1.165, 1.54) is 85.6 Å². The predicted octanol–water partition coefficient (Wildman–Crippen LogP) is 10.9. The van der Waals surface area contributed by atoms with Crippen LogP contribution < -0.4 is 0 Å². The van der Waals surface area contributed by atoms with Crippen molar-refractivity contribution in [3.8, 4) is 5.69 Å². The first-order valence-corrected chi connectivity index (χ1v) is 14.9. The number of hydrogen-bond donors (Lipinski definition) is 0. The van der Waals surface area contributed by atoms with E-state index in [1.54, 1.807) is 0 Å². The van der Waals surface area contributed by atoms with Crippen molar-refractivity contribution in [2.45, 2.75) is 0 Å². The molecule has 0 bridgehead atoms. The van der Waals surface area contributed by atoms with Gasteiger partial charge < -0.3 is 8.97 Å². The second-order valence-corrected chi connectivity index (χ2v) is 12.0. The zero-order valence-corrected chi connectivity index (χ0v) is 22.8. The SMILES string of the molecule is c1ccc(-n2c3ccccc3c3ccc4c5c6sc7ccccc7c6ccc5n5cc6ccccc6c5c4c32)cc1. The molecule has 0 aliphatic carbocycles. The molecule has 0 amide bonds. The summed E-state index contributed by atoms with van der Waals surface area (Å²) in [5, 5.41) is 11.7. The Bertz CT molecular complexity index is 2690. The average Bonchev–Trinajstić information content (AvgIpc) is 3.71. The quantitative estimate of drug-likeness (QED) is 0.184. The van der Waals surface area contributed by atoms with E-state index in [1.807, 2.05) is 11.3 Å². The number of pyridine rings is 1. The van der Waals surface area contributed by atoms with Crippen molar-refractivity contribution in [1.82, 2.24) is 8.97 Å².